The zero-order valence-corrected chi connectivity index (χ0v) is 17.6. The van der Waals surface area contributed by atoms with Gasteiger partial charge in [-0.15, -0.1) is 11.3 Å². The first-order chi connectivity index (χ1) is 14.1. The van der Waals surface area contributed by atoms with Crippen LogP contribution >= 0.6 is 27.3 Å². The first kappa shape index (κ1) is 19.3. The van der Waals surface area contributed by atoms with E-state index >= 15 is 0 Å². The summed E-state index contributed by atoms with van der Waals surface area (Å²) in [4.78, 5) is 16.2. The molecule has 0 N–H and O–H groups in total. The number of nitrogens with zero attached hydrogens (tertiary/aromatic N) is 4. The lowest BCUT2D eigenvalue weighted by molar-refractivity contribution is -0.385. The van der Waals surface area contributed by atoms with Crippen molar-refractivity contribution in [3.8, 4) is 22.8 Å². The number of nitro benzene ring substituents is 1. The molecule has 0 bridgehead atoms. The van der Waals surface area contributed by atoms with Gasteiger partial charge in [-0.2, -0.15) is 5.10 Å². The van der Waals surface area contributed by atoms with Crippen LogP contribution in [0.15, 0.2) is 56.3 Å². The van der Waals surface area contributed by atoms with Gasteiger partial charge in [0.05, 0.1) is 28.5 Å². The summed E-state index contributed by atoms with van der Waals surface area (Å²) in [6.07, 6.45) is 1.45. The highest BCUT2D eigenvalue weighted by Gasteiger charge is 2.22. The Morgan fingerprint density at radius 2 is 2.07 bits per heavy atom. The molecule has 4 rings (SSSR count). The number of hydrogen-bond acceptors (Lipinski definition) is 7. The van der Waals surface area contributed by atoms with Crippen LogP contribution in [0.25, 0.3) is 11.3 Å². The highest BCUT2D eigenvalue weighted by atomic mass is 79.9. The van der Waals surface area contributed by atoms with Crippen LogP contribution in [0.4, 0.5) is 5.69 Å². The van der Waals surface area contributed by atoms with Gasteiger partial charge in [-0.1, -0.05) is 34.1 Å². The van der Waals surface area contributed by atoms with Gasteiger partial charge in [0.1, 0.15) is 0 Å². The summed E-state index contributed by atoms with van der Waals surface area (Å²) in [5.74, 6) is 0.810. The average Bonchev–Trinajstić information content (AvgIpc) is 3.32. The van der Waals surface area contributed by atoms with Crippen LogP contribution < -0.4 is 14.3 Å². The fraction of sp³-hybridized carbons (Fsp3) is 0.158. The summed E-state index contributed by atoms with van der Waals surface area (Å²) in [5.41, 5.74) is 1.98. The van der Waals surface area contributed by atoms with Crippen LogP contribution in [0.1, 0.15) is 12.5 Å². The molecule has 0 atom stereocenters. The lowest BCUT2D eigenvalue weighted by Crippen LogP contribution is -2.12. The molecule has 2 heterocycles. The van der Waals surface area contributed by atoms with Crippen LogP contribution in [0.3, 0.4) is 0 Å². The zero-order chi connectivity index (χ0) is 20.4. The van der Waals surface area contributed by atoms with E-state index in [4.69, 9.17) is 9.47 Å². The van der Waals surface area contributed by atoms with Crippen molar-refractivity contribution < 1.29 is 14.4 Å². The van der Waals surface area contributed by atoms with Gasteiger partial charge in [0.2, 0.25) is 11.6 Å². The van der Waals surface area contributed by atoms with E-state index in [-0.39, 0.29) is 12.5 Å². The Bertz CT molecular complexity index is 1190. The molecule has 1 aromatic heterocycles. The monoisotopic (exact) mass is 474 g/mol. The summed E-state index contributed by atoms with van der Waals surface area (Å²) >= 11 is 5.02. The molecule has 0 saturated heterocycles. The number of fused-ring (bicyclic) bond motifs is 1. The maximum Gasteiger partial charge on any atom is 0.282 e. The predicted octanol–water partition coefficient (Wildman–Crippen LogP) is 4.42. The summed E-state index contributed by atoms with van der Waals surface area (Å²) in [6.45, 7) is 2.57. The standard InChI is InChI=1S/C19H15BrN4O4S/c1-2-21-19-23(16(10-29-19)13-5-3-4-6-14(13)20)22-9-12-7-17-18(28-11-27-17)8-15(12)24(25)26/h3-10H,2,11H2,1H3. The number of ether oxygens (including phenoxy) is 2. The molecule has 0 spiro atoms. The van der Waals surface area contributed by atoms with Gasteiger partial charge < -0.3 is 9.47 Å². The molecule has 0 unspecified atom stereocenters. The van der Waals surface area contributed by atoms with Crippen LogP contribution in [-0.2, 0) is 0 Å². The summed E-state index contributed by atoms with van der Waals surface area (Å²) in [7, 11) is 0. The highest BCUT2D eigenvalue weighted by molar-refractivity contribution is 9.10. The Morgan fingerprint density at radius 1 is 1.31 bits per heavy atom. The molecule has 8 nitrogen and oxygen atoms in total. The Morgan fingerprint density at radius 3 is 2.79 bits per heavy atom. The Labute approximate surface area is 178 Å². The minimum Gasteiger partial charge on any atom is -0.454 e. The third-order valence-electron chi connectivity index (χ3n) is 4.16. The van der Waals surface area contributed by atoms with Crippen molar-refractivity contribution in [3.05, 3.63) is 66.7 Å². The van der Waals surface area contributed by atoms with E-state index < -0.39 is 4.92 Å². The van der Waals surface area contributed by atoms with Gasteiger partial charge in [-0.3, -0.25) is 15.1 Å². The number of hydrogen-bond donors (Lipinski definition) is 0. The fourth-order valence-electron chi connectivity index (χ4n) is 2.84. The molecule has 1 aliphatic rings. The van der Waals surface area contributed by atoms with Crippen molar-refractivity contribution in [3.63, 3.8) is 0 Å². The number of halogens is 1. The van der Waals surface area contributed by atoms with Gasteiger partial charge in [-0.25, -0.2) is 4.68 Å². The molecular formula is C19H15BrN4O4S. The SMILES string of the molecule is CCN=c1scc(-c2ccccc2Br)n1N=Cc1cc2c(cc1[N+](=O)[O-])OCO2. The van der Waals surface area contributed by atoms with Crippen LogP contribution in [0.2, 0.25) is 0 Å². The Hall–Kier alpha value is -2.98. The topological polar surface area (TPSA) is 91.2 Å². The number of nitro groups is 1. The van der Waals surface area contributed by atoms with E-state index in [1.807, 2.05) is 36.6 Å². The molecule has 29 heavy (non-hydrogen) atoms. The molecule has 2 aromatic carbocycles. The van der Waals surface area contributed by atoms with Crippen molar-refractivity contribution in [2.75, 3.05) is 13.3 Å². The Balaban J connectivity index is 1.84. The maximum atomic E-state index is 11.5. The van der Waals surface area contributed by atoms with Crippen molar-refractivity contribution in [1.29, 1.82) is 0 Å². The van der Waals surface area contributed by atoms with Crippen molar-refractivity contribution >= 4 is 39.2 Å². The third-order valence-corrected chi connectivity index (χ3v) is 5.70. The van der Waals surface area contributed by atoms with Crippen LogP contribution in [0.5, 0.6) is 11.5 Å². The maximum absolute atomic E-state index is 11.5. The molecule has 0 amide bonds. The van der Waals surface area contributed by atoms with Crippen LogP contribution in [0, 0.1) is 10.1 Å². The predicted molar refractivity (Wildman–Crippen MR) is 114 cm³/mol. The summed E-state index contributed by atoms with van der Waals surface area (Å²) in [6, 6.07) is 10.7. The van der Waals surface area contributed by atoms with Crippen molar-refractivity contribution in [1.82, 2.24) is 4.68 Å². The van der Waals surface area contributed by atoms with E-state index in [1.54, 1.807) is 10.7 Å². The van der Waals surface area contributed by atoms with E-state index in [2.05, 4.69) is 26.0 Å². The quantitative estimate of drug-likeness (QED) is 0.310. The fourth-order valence-corrected chi connectivity index (χ4v) is 4.22. The number of rotatable bonds is 5. The van der Waals surface area contributed by atoms with Crippen LogP contribution in [-0.4, -0.2) is 29.2 Å². The number of thiazole rings is 1. The average molecular weight is 475 g/mol. The minimum atomic E-state index is -0.465. The van der Waals surface area contributed by atoms with Gasteiger partial charge >= 0.3 is 0 Å². The first-order valence-electron chi connectivity index (χ1n) is 8.66. The lowest BCUT2D eigenvalue weighted by atomic mass is 10.1. The third kappa shape index (κ3) is 3.81. The second-order valence-electron chi connectivity index (χ2n) is 5.94. The number of aromatic nitrogens is 1. The van der Waals surface area contributed by atoms with Crippen molar-refractivity contribution in [2.24, 2.45) is 10.1 Å². The summed E-state index contributed by atoms with van der Waals surface area (Å²) < 4.78 is 13.2. The smallest absolute Gasteiger partial charge is 0.282 e. The second-order valence-corrected chi connectivity index (χ2v) is 7.63. The summed E-state index contributed by atoms with van der Waals surface area (Å²) in [5, 5.41) is 18.0. The molecule has 148 valence electrons. The minimum absolute atomic E-state index is 0.0398. The normalized spacial score (nSPS) is 13.4. The van der Waals surface area contributed by atoms with Gasteiger partial charge in [0.15, 0.2) is 11.5 Å². The van der Waals surface area contributed by atoms with E-state index in [9.17, 15) is 10.1 Å². The first-order valence-corrected chi connectivity index (χ1v) is 10.3. The Kier molecular flexibility index (Phi) is 5.45. The van der Waals surface area contributed by atoms with E-state index in [1.165, 1.54) is 23.6 Å². The van der Waals surface area contributed by atoms with Gasteiger partial charge in [-0.05, 0) is 19.1 Å². The van der Waals surface area contributed by atoms with E-state index in [0.717, 1.165) is 15.7 Å². The molecule has 3 aromatic rings. The lowest BCUT2D eigenvalue weighted by Gasteiger charge is -2.06. The molecule has 10 heteroatoms. The molecule has 0 radical (unpaired) electrons. The molecule has 0 aliphatic carbocycles. The number of benzene rings is 2. The van der Waals surface area contributed by atoms with E-state index in [0.29, 0.717) is 28.4 Å². The molecule has 0 saturated carbocycles. The van der Waals surface area contributed by atoms with Gasteiger partial charge in [0.25, 0.3) is 5.69 Å². The molecular weight excluding hydrogens is 460 g/mol. The molecule has 1 aliphatic heterocycles. The van der Waals surface area contributed by atoms with Crippen molar-refractivity contribution in [2.45, 2.75) is 6.92 Å². The zero-order valence-electron chi connectivity index (χ0n) is 15.2. The highest BCUT2D eigenvalue weighted by Crippen LogP contribution is 2.37. The van der Waals surface area contributed by atoms with Gasteiger partial charge in [0, 0.05) is 22.0 Å². The second kappa shape index (κ2) is 8.18. The molecule has 0 fully saturated rings. The largest absolute Gasteiger partial charge is 0.454 e.